The van der Waals surface area contributed by atoms with E-state index in [1.165, 1.54) is 16.7 Å². The molecule has 0 aromatic carbocycles. The van der Waals surface area contributed by atoms with E-state index < -0.39 is 12.1 Å². The third-order valence-corrected chi connectivity index (χ3v) is 3.80. The molecule has 0 aliphatic carbocycles. The number of hydrogen-bond donors (Lipinski definition) is 2. The standard InChI is InChI=1S/C9H10N2O5S/c10-9(15)16-2-1-4-7(8(13)14)11-5(12)3-6(11)17-4/h6H,1-3H2,(H2,10,15)(H,13,14)/t6-/m1/s1. The van der Waals surface area contributed by atoms with Crippen LogP contribution in [0.2, 0.25) is 0 Å². The number of β-lactam (4-membered cyclic amide) rings is 1. The number of carboxylic acid groups (broad SMARTS) is 1. The van der Waals surface area contributed by atoms with Crippen molar-refractivity contribution in [3.05, 3.63) is 10.6 Å². The van der Waals surface area contributed by atoms with Gasteiger partial charge in [-0.3, -0.25) is 9.69 Å². The number of carbonyl (C=O) groups is 3. The molecule has 0 saturated carbocycles. The largest absolute Gasteiger partial charge is 0.477 e. The highest BCUT2D eigenvalue weighted by Gasteiger charge is 2.48. The van der Waals surface area contributed by atoms with E-state index in [1.807, 2.05) is 0 Å². The van der Waals surface area contributed by atoms with Crippen molar-refractivity contribution >= 4 is 29.7 Å². The minimum Gasteiger partial charge on any atom is -0.477 e. The summed E-state index contributed by atoms with van der Waals surface area (Å²) < 4.78 is 4.54. The Balaban J connectivity index is 2.07. The third-order valence-electron chi connectivity index (χ3n) is 2.47. The summed E-state index contributed by atoms with van der Waals surface area (Å²) in [5.74, 6) is -1.33. The lowest BCUT2D eigenvalue weighted by Crippen LogP contribution is -2.48. The first-order valence-electron chi connectivity index (χ1n) is 4.88. The number of aliphatic carboxylic acids is 1. The number of nitrogens with zero attached hydrogens (tertiary/aromatic N) is 1. The minimum atomic E-state index is -1.14. The number of thioether (sulfide) groups is 1. The van der Waals surface area contributed by atoms with Gasteiger partial charge in [0.25, 0.3) is 0 Å². The van der Waals surface area contributed by atoms with Gasteiger partial charge >= 0.3 is 12.1 Å². The highest BCUT2D eigenvalue weighted by Crippen LogP contribution is 2.47. The maximum atomic E-state index is 11.3. The van der Waals surface area contributed by atoms with Crippen molar-refractivity contribution in [1.29, 1.82) is 0 Å². The predicted molar refractivity (Wildman–Crippen MR) is 57.7 cm³/mol. The Kier molecular flexibility index (Phi) is 2.97. The van der Waals surface area contributed by atoms with Crippen molar-refractivity contribution in [2.75, 3.05) is 6.61 Å². The van der Waals surface area contributed by atoms with Crippen molar-refractivity contribution in [3.63, 3.8) is 0 Å². The van der Waals surface area contributed by atoms with Crippen LogP contribution in [0.5, 0.6) is 0 Å². The molecule has 2 aliphatic rings. The molecular weight excluding hydrogens is 248 g/mol. The summed E-state index contributed by atoms with van der Waals surface area (Å²) in [5, 5.41) is 8.92. The minimum absolute atomic E-state index is 0.00400. The highest BCUT2D eigenvalue weighted by molar-refractivity contribution is 8.04. The second kappa shape index (κ2) is 4.28. The van der Waals surface area contributed by atoms with Gasteiger partial charge in [0.05, 0.1) is 18.4 Å². The van der Waals surface area contributed by atoms with Gasteiger partial charge in [-0.25, -0.2) is 9.59 Å². The van der Waals surface area contributed by atoms with E-state index in [4.69, 9.17) is 10.8 Å². The van der Waals surface area contributed by atoms with E-state index in [2.05, 4.69) is 4.74 Å². The van der Waals surface area contributed by atoms with Gasteiger partial charge in [0.15, 0.2) is 0 Å². The van der Waals surface area contributed by atoms with Gasteiger partial charge in [-0.2, -0.15) is 0 Å². The maximum absolute atomic E-state index is 11.3. The Morgan fingerprint density at radius 3 is 2.82 bits per heavy atom. The number of amides is 2. The number of nitrogens with two attached hydrogens (primary N) is 1. The molecule has 0 spiro atoms. The first kappa shape index (κ1) is 11.8. The smallest absolute Gasteiger partial charge is 0.404 e. The highest BCUT2D eigenvalue weighted by atomic mass is 32.2. The summed E-state index contributed by atoms with van der Waals surface area (Å²) in [7, 11) is 0. The fourth-order valence-electron chi connectivity index (χ4n) is 1.75. The molecule has 0 aromatic heterocycles. The molecule has 3 N–H and O–H groups in total. The zero-order chi connectivity index (χ0) is 12.6. The average Bonchev–Trinajstić information content (AvgIpc) is 2.50. The van der Waals surface area contributed by atoms with Crippen LogP contribution < -0.4 is 5.73 Å². The van der Waals surface area contributed by atoms with E-state index in [0.29, 0.717) is 11.3 Å². The van der Waals surface area contributed by atoms with Crippen molar-refractivity contribution in [3.8, 4) is 0 Å². The molecule has 17 heavy (non-hydrogen) atoms. The topological polar surface area (TPSA) is 110 Å². The van der Waals surface area contributed by atoms with Gasteiger partial charge in [0, 0.05) is 11.3 Å². The number of carbonyl (C=O) groups excluding carboxylic acids is 2. The molecule has 2 amide bonds. The molecule has 7 nitrogen and oxygen atoms in total. The van der Waals surface area contributed by atoms with Crippen LogP contribution >= 0.6 is 11.8 Å². The molecule has 2 aliphatic heterocycles. The fourth-order valence-corrected chi connectivity index (χ4v) is 3.13. The SMILES string of the molecule is NC(=O)OCCC1=C(C(=O)O)N2C(=O)C[C@H]2S1. The number of carboxylic acids is 1. The lowest BCUT2D eigenvalue weighted by molar-refractivity contribution is -0.145. The van der Waals surface area contributed by atoms with E-state index in [1.54, 1.807) is 0 Å². The molecule has 0 bridgehead atoms. The van der Waals surface area contributed by atoms with Gasteiger partial charge in [-0.15, -0.1) is 11.8 Å². The quantitative estimate of drug-likeness (QED) is 0.690. The normalized spacial score (nSPS) is 22.2. The predicted octanol–water partition coefficient (Wildman–Crippen LogP) is 0.0732. The number of fused-ring (bicyclic) bond motifs is 1. The van der Waals surface area contributed by atoms with Crippen molar-refractivity contribution < 1.29 is 24.2 Å². The molecule has 1 atom stereocenters. The van der Waals surface area contributed by atoms with Crippen LogP contribution in [0.3, 0.4) is 0 Å². The zero-order valence-electron chi connectivity index (χ0n) is 8.71. The Bertz CT molecular complexity index is 433. The second-order valence-electron chi connectivity index (χ2n) is 3.53. The van der Waals surface area contributed by atoms with Crippen LogP contribution in [0.4, 0.5) is 4.79 Å². The van der Waals surface area contributed by atoms with E-state index in [-0.39, 0.29) is 30.0 Å². The molecule has 1 saturated heterocycles. The van der Waals surface area contributed by atoms with Crippen LogP contribution in [0, 0.1) is 0 Å². The first-order valence-corrected chi connectivity index (χ1v) is 5.76. The molecule has 2 rings (SSSR count). The van der Waals surface area contributed by atoms with E-state index in [0.717, 1.165) is 0 Å². The Morgan fingerprint density at radius 2 is 2.29 bits per heavy atom. The van der Waals surface area contributed by atoms with Crippen LogP contribution in [-0.4, -0.2) is 40.0 Å². The van der Waals surface area contributed by atoms with Gasteiger partial charge in [0.2, 0.25) is 5.91 Å². The second-order valence-corrected chi connectivity index (χ2v) is 4.81. The summed E-state index contributed by atoms with van der Waals surface area (Å²) >= 11 is 1.32. The van der Waals surface area contributed by atoms with E-state index >= 15 is 0 Å². The maximum Gasteiger partial charge on any atom is 0.404 e. The molecule has 8 heteroatoms. The number of rotatable bonds is 4. The Labute approximate surface area is 101 Å². The molecule has 0 aromatic rings. The van der Waals surface area contributed by atoms with Gasteiger partial charge in [-0.05, 0) is 0 Å². The monoisotopic (exact) mass is 258 g/mol. The molecule has 92 valence electrons. The third kappa shape index (κ3) is 2.07. The summed E-state index contributed by atoms with van der Waals surface area (Å²) in [5.41, 5.74) is 4.80. The molecular formula is C9H10N2O5S. The van der Waals surface area contributed by atoms with Gasteiger partial charge in [0.1, 0.15) is 5.70 Å². The molecule has 1 fully saturated rings. The lowest BCUT2D eigenvalue weighted by Gasteiger charge is -2.33. The van der Waals surface area contributed by atoms with Crippen molar-refractivity contribution in [1.82, 2.24) is 4.90 Å². The first-order chi connectivity index (χ1) is 8.00. The Morgan fingerprint density at radius 1 is 1.59 bits per heavy atom. The van der Waals surface area contributed by atoms with Crippen LogP contribution in [0.1, 0.15) is 12.8 Å². The molecule has 0 radical (unpaired) electrons. The van der Waals surface area contributed by atoms with Crippen LogP contribution in [0.25, 0.3) is 0 Å². The van der Waals surface area contributed by atoms with E-state index in [9.17, 15) is 14.4 Å². The van der Waals surface area contributed by atoms with Crippen LogP contribution in [-0.2, 0) is 14.3 Å². The van der Waals surface area contributed by atoms with Gasteiger partial charge in [-0.1, -0.05) is 0 Å². The summed E-state index contributed by atoms with van der Waals surface area (Å²) in [4.78, 5) is 34.5. The summed E-state index contributed by atoms with van der Waals surface area (Å²) in [6.07, 6.45) is -0.290. The number of primary amides is 1. The number of ether oxygens (including phenoxy) is 1. The lowest BCUT2D eigenvalue weighted by atomic mass is 10.1. The molecule has 0 unspecified atom stereocenters. The Hall–Kier alpha value is -1.70. The zero-order valence-corrected chi connectivity index (χ0v) is 9.53. The number of hydrogen-bond acceptors (Lipinski definition) is 5. The van der Waals surface area contributed by atoms with Crippen molar-refractivity contribution in [2.45, 2.75) is 18.2 Å². The summed E-state index contributed by atoms with van der Waals surface area (Å²) in [6.45, 7) is 0.0171. The summed E-state index contributed by atoms with van der Waals surface area (Å²) in [6, 6.07) is 0. The molecule has 2 heterocycles. The average molecular weight is 258 g/mol. The van der Waals surface area contributed by atoms with Crippen LogP contribution in [0.15, 0.2) is 10.6 Å². The van der Waals surface area contributed by atoms with Crippen molar-refractivity contribution in [2.24, 2.45) is 5.73 Å². The fraction of sp³-hybridized carbons (Fsp3) is 0.444. The van der Waals surface area contributed by atoms with Gasteiger partial charge < -0.3 is 15.6 Å².